The summed E-state index contributed by atoms with van der Waals surface area (Å²) in [6.45, 7) is 1.38. The molecule has 3 atom stereocenters. The number of rotatable bonds is 8. The Morgan fingerprint density at radius 1 is 0.837 bits per heavy atom. The molecule has 0 unspecified atom stereocenters. The number of amides is 2. The Balaban J connectivity index is 1.33. The predicted molar refractivity (Wildman–Crippen MR) is 165 cm³/mol. The van der Waals surface area contributed by atoms with Crippen LogP contribution in [0.1, 0.15) is 53.3 Å². The second-order valence-electron chi connectivity index (χ2n) is 11.5. The highest BCUT2D eigenvalue weighted by Gasteiger charge is 2.37. The molecule has 2 amide bonds. The highest BCUT2D eigenvalue weighted by atomic mass is 16.5. The van der Waals surface area contributed by atoms with Crippen LogP contribution in [0.2, 0.25) is 0 Å². The molecule has 1 aliphatic heterocycles. The number of nitrogens with zero attached hydrogens (tertiary/aromatic N) is 4. The van der Waals surface area contributed by atoms with E-state index in [-0.39, 0.29) is 37.2 Å². The van der Waals surface area contributed by atoms with Crippen LogP contribution in [-0.2, 0) is 17.8 Å². The van der Waals surface area contributed by atoms with Gasteiger partial charge in [-0.05, 0) is 30.4 Å². The van der Waals surface area contributed by atoms with Gasteiger partial charge in [-0.25, -0.2) is 9.78 Å². The summed E-state index contributed by atoms with van der Waals surface area (Å²) in [5.41, 5.74) is 4.33. The smallest absolute Gasteiger partial charge is 0.407 e. The van der Waals surface area contributed by atoms with Gasteiger partial charge in [-0.15, -0.1) is 0 Å². The first-order valence-electron chi connectivity index (χ1n) is 15.2. The van der Waals surface area contributed by atoms with Crippen molar-refractivity contribution in [3.8, 4) is 11.3 Å². The minimum absolute atomic E-state index is 0.00138. The molecule has 4 aromatic rings. The summed E-state index contributed by atoms with van der Waals surface area (Å²) >= 11 is 0. The molecule has 8 nitrogen and oxygen atoms in total. The van der Waals surface area contributed by atoms with Gasteiger partial charge in [-0.2, -0.15) is 0 Å². The normalized spacial score (nSPS) is 20.6. The molecule has 1 saturated carbocycles. The summed E-state index contributed by atoms with van der Waals surface area (Å²) in [7, 11) is 0. The largest absolute Gasteiger partial charge is 0.465 e. The van der Waals surface area contributed by atoms with Gasteiger partial charge in [0.1, 0.15) is 0 Å². The van der Waals surface area contributed by atoms with E-state index < -0.39 is 6.09 Å². The summed E-state index contributed by atoms with van der Waals surface area (Å²) in [4.78, 5) is 34.3. The standard InChI is InChI=1S/C35H38N4O4/c40-34(38-21-20-37(35(41)42)23-29(38)22-26-12-4-1-5-13-26)32-33(28-16-8-3-9-17-28)39(25-36-32)30-18-10-11-19-31(30)43-24-27-14-6-2-7-15-27/h1-9,12-17,25,29-31H,10-11,18-24H2,(H,41,42)/t29-,30-,31-/m1/s1. The fraction of sp³-hybridized carbons (Fsp3) is 0.343. The highest BCUT2D eigenvalue weighted by Crippen LogP contribution is 2.37. The number of benzene rings is 3. The van der Waals surface area contributed by atoms with E-state index in [2.05, 4.69) is 16.7 Å². The van der Waals surface area contributed by atoms with Gasteiger partial charge in [-0.1, -0.05) is 104 Å². The van der Waals surface area contributed by atoms with Crippen molar-refractivity contribution in [2.45, 2.75) is 56.9 Å². The van der Waals surface area contributed by atoms with Gasteiger partial charge in [0.15, 0.2) is 5.69 Å². The predicted octanol–water partition coefficient (Wildman–Crippen LogP) is 6.30. The van der Waals surface area contributed by atoms with Crippen molar-refractivity contribution >= 4 is 12.0 Å². The first-order valence-corrected chi connectivity index (χ1v) is 15.2. The second-order valence-corrected chi connectivity index (χ2v) is 11.5. The number of ether oxygens (including phenoxy) is 1. The molecule has 1 aromatic heterocycles. The minimum atomic E-state index is -0.960. The van der Waals surface area contributed by atoms with E-state index in [4.69, 9.17) is 9.72 Å². The molecule has 0 spiro atoms. The van der Waals surface area contributed by atoms with Crippen LogP contribution in [0.15, 0.2) is 97.3 Å². The van der Waals surface area contributed by atoms with Gasteiger partial charge >= 0.3 is 6.09 Å². The molecule has 1 N–H and O–H groups in total. The van der Waals surface area contributed by atoms with Gasteiger partial charge in [0.05, 0.1) is 36.8 Å². The fourth-order valence-electron chi connectivity index (χ4n) is 6.51. The summed E-state index contributed by atoms with van der Waals surface area (Å²) in [6, 6.07) is 29.9. The maximum absolute atomic E-state index is 14.4. The SMILES string of the molecule is O=C(O)N1CCN(C(=O)c2ncn([C@@H]3CCCC[C@H]3OCc3ccccc3)c2-c2ccccc2)[C@H](Cc2ccccc2)C1. The molecule has 0 bridgehead atoms. The van der Waals surface area contributed by atoms with E-state index in [9.17, 15) is 14.7 Å². The zero-order valence-electron chi connectivity index (χ0n) is 24.3. The quantitative estimate of drug-likeness (QED) is 0.265. The molecular formula is C35H38N4O4. The number of carbonyl (C=O) groups is 2. The van der Waals surface area contributed by atoms with E-state index in [1.165, 1.54) is 4.90 Å². The van der Waals surface area contributed by atoms with Gasteiger partial charge in [0, 0.05) is 25.2 Å². The van der Waals surface area contributed by atoms with Crippen molar-refractivity contribution in [1.82, 2.24) is 19.4 Å². The molecule has 43 heavy (non-hydrogen) atoms. The first-order chi connectivity index (χ1) is 21.1. The van der Waals surface area contributed by atoms with Crippen molar-refractivity contribution in [3.63, 3.8) is 0 Å². The molecule has 1 aliphatic carbocycles. The Labute approximate surface area is 252 Å². The lowest BCUT2D eigenvalue weighted by molar-refractivity contribution is -0.0159. The number of carboxylic acid groups (broad SMARTS) is 1. The Morgan fingerprint density at radius 2 is 1.49 bits per heavy atom. The summed E-state index contributed by atoms with van der Waals surface area (Å²) < 4.78 is 8.69. The third-order valence-corrected chi connectivity index (χ3v) is 8.70. The van der Waals surface area contributed by atoms with Gasteiger partial charge in [-0.3, -0.25) is 4.79 Å². The van der Waals surface area contributed by atoms with Crippen molar-refractivity contribution in [2.75, 3.05) is 19.6 Å². The van der Waals surface area contributed by atoms with Crippen molar-refractivity contribution < 1.29 is 19.4 Å². The van der Waals surface area contributed by atoms with E-state index in [1.54, 1.807) is 0 Å². The van der Waals surface area contributed by atoms with E-state index >= 15 is 0 Å². The Bertz CT molecular complexity index is 1510. The van der Waals surface area contributed by atoms with E-state index in [0.29, 0.717) is 25.3 Å². The number of carbonyl (C=O) groups excluding carboxylic acids is 1. The third-order valence-electron chi connectivity index (χ3n) is 8.70. The van der Waals surface area contributed by atoms with Crippen LogP contribution in [0.4, 0.5) is 4.79 Å². The monoisotopic (exact) mass is 578 g/mol. The zero-order chi connectivity index (χ0) is 29.6. The summed E-state index contributed by atoms with van der Waals surface area (Å²) in [5.74, 6) is -0.166. The number of hydrogen-bond acceptors (Lipinski definition) is 4. The fourth-order valence-corrected chi connectivity index (χ4v) is 6.51. The molecule has 6 rings (SSSR count). The maximum Gasteiger partial charge on any atom is 0.407 e. The van der Waals surface area contributed by atoms with Crippen molar-refractivity contribution in [1.29, 1.82) is 0 Å². The first kappa shape index (κ1) is 28.7. The molecule has 2 heterocycles. The van der Waals surface area contributed by atoms with Gasteiger partial charge < -0.3 is 24.2 Å². The van der Waals surface area contributed by atoms with Crippen molar-refractivity contribution in [2.24, 2.45) is 0 Å². The van der Waals surface area contributed by atoms with Crippen LogP contribution in [0.3, 0.4) is 0 Å². The molecule has 1 saturated heterocycles. The molecule has 3 aromatic carbocycles. The molecule has 2 aliphatic rings. The Kier molecular flexibility index (Phi) is 8.84. The number of aromatic nitrogens is 2. The number of piperazine rings is 1. The molecule has 8 heteroatoms. The van der Waals surface area contributed by atoms with E-state index in [1.807, 2.05) is 90.1 Å². The lowest BCUT2D eigenvalue weighted by Crippen LogP contribution is -2.57. The molecule has 222 valence electrons. The summed E-state index contributed by atoms with van der Waals surface area (Å²) in [5, 5.41) is 9.74. The number of imidazole rings is 1. The molecule has 0 radical (unpaired) electrons. The topological polar surface area (TPSA) is 87.9 Å². The average Bonchev–Trinajstić information content (AvgIpc) is 3.50. The van der Waals surface area contributed by atoms with Crippen LogP contribution in [0.5, 0.6) is 0 Å². The highest BCUT2D eigenvalue weighted by molar-refractivity contribution is 5.98. The average molecular weight is 579 g/mol. The van der Waals surface area contributed by atoms with Crippen LogP contribution in [0, 0.1) is 0 Å². The Morgan fingerprint density at radius 3 is 2.19 bits per heavy atom. The van der Waals surface area contributed by atoms with Crippen molar-refractivity contribution in [3.05, 3.63) is 114 Å². The second kappa shape index (κ2) is 13.3. The lowest BCUT2D eigenvalue weighted by atomic mass is 9.91. The third kappa shape index (κ3) is 6.49. The lowest BCUT2D eigenvalue weighted by Gasteiger charge is -2.40. The maximum atomic E-state index is 14.4. The van der Waals surface area contributed by atoms with Crippen LogP contribution < -0.4 is 0 Å². The van der Waals surface area contributed by atoms with Gasteiger partial charge in [0.25, 0.3) is 5.91 Å². The van der Waals surface area contributed by atoms with Crippen LogP contribution >= 0.6 is 0 Å². The zero-order valence-corrected chi connectivity index (χ0v) is 24.3. The Hall–Kier alpha value is -4.43. The van der Waals surface area contributed by atoms with Crippen LogP contribution in [-0.4, -0.2) is 68.2 Å². The van der Waals surface area contributed by atoms with Gasteiger partial charge in [0.2, 0.25) is 0 Å². The summed E-state index contributed by atoms with van der Waals surface area (Å²) in [6.07, 6.45) is 5.49. The number of hydrogen-bond donors (Lipinski definition) is 1. The van der Waals surface area contributed by atoms with Crippen LogP contribution in [0.25, 0.3) is 11.3 Å². The van der Waals surface area contributed by atoms with E-state index in [0.717, 1.165) is 48.1 Å². The molecular weight excluding hydrogens is 540 g/mol. The molecule has 2 fully saturated rings. The minimum Gasteiger partial charge on any atom is -0.465 e.